The zero-order valence-electron chi connectivity index (χ0n) is 18.8. The summed E-state index contributed by atoms with van der Waals surface area (Å²) < 4.78 is 28.4. The summed E-state index contributed by atoms with van der Waals surface area (Å²) in [6.45, 7) is 2.26. The number of ether oxygens (including phenoxy) is 4. The van der Waals surface area contributed by atoms with Crippen LogP contribution in [-0.4, -0.2) is 24.9 Å². The Kier molecular flexibility index (Phi) is 5.82. The van der Waals surface area contributed by atoms with Crippen molar-refractivity contribution in [1.29, 1.82) is 0 Å². The minimum atomic E-state index is -0.808. The van der Waals surface area contributed by atoms with Crippen molar-refractivity contribution in [3.63, 3.8) is 0 Å². The van der Waals surface area contributed by atoms with E-state index in [2.05, 4.69) is 4.98 Å². The van der Waals surface area contributed by atoms with Crippen LogP contribution in [0.2, 0.25) is 0 Å². The van der Waals surface area contributed by atoms with E-state index >= 15 is 0 Å². The van der Waals surface area contributed by atoms with Gasteiger partial charge in [-0.25, -0.2) is 4.79 Å². The molecule has 0 aliphatic rings. The molecule has 0 bridgehead atoms. The van der Waals surface area contributed by atoms with E-state index in [1.54, 1.807) is 20.1 Å². The number of hydrogen-bond donors (Lipinski definition) is 1. The third kappa shape index (κ3) is 4.03. The number of carbonyl (C=O) groups excluding carboxylic acids is 1. The molecule has 7 nitrogen and oxygen atoms in total. The molecule has 7 heteroatoms. The Labute approximate surface area is 195 Å². The fraction of sp³-hybridized carbons (Fsp3) is 0.148. The maximum Gasteiger partial charge on any atom is 0.515 e. The van der Waals surface area contributed by atoms with E-state index in [1.165, 1.54) is 0 Å². The number of hydrogen-bond acceptors (Lipinski definition) is 6. The third-order valence-electron chi connectivity index (χ3n) is 5.43. The van der Waals surface area contributed by atoms with Gasteiger partial charge in [-0.1, -0.05) is 42.5 Å². The standard InChI is InChI=1S/C27H23NO6/c1-3-31-27(29)34-26-23(25-24(28-26)20-11-7-8-12-21(20)33-25)19-14-13-18(30-2)15-22(19)32-16-17-9-5-4-6-10-17/h4-15,28H,3,16H2,1-2H3. The number of aromatic amines is 1. The normalized spacial score (nSPS) is 11.0. The van der Waals surface area contributed by atoms with Gasteiger partial charge in [0.25, 0.3) is 0 Å². The Morgan fingerprint density at radius 2 is 1.79 bits per heavy atom. The zero-order chi connectivity index (χ0) is 23.5. The van der Waals surface area contributed by atoms with Crippen molar-refractivity contribution in [1.82, 2.24) is 4.98 Å². The molecule has 0 amide bonds. The Morgan fingerprint density at radius 1 is 1.00 bits per heavy atom. The van der Waals surface area contributed by atoms with Gasteiger partial charge in [0.05, 0.1) is 24.8 Å². The van der Waals surface area contributed by atoms with E-state index in [4.69, 9.17) is 23.4 Å². The van der Waals surface area contributed by atoms with Crippen LogP contribution >= 0.6 is 0 Å². The van der Waals surface area contributed by atoms with Gasteiger partial charge in [-0.05, 0) is 36.8 Å². The van der Waals surface area contributed by atoms with Crippen molar-refractivity contribution in [2.24, 2.45) is 0 Å². The van der Waals surface area contributed by atoms with Crippen LogP contribution in [0.4, 0.5) is 4.79 Å². The first-order chi connectivity index (χ1) is 16.7. The van der Waals surface area contributed by atoms with Gasteiger partial charge in [0.1, 0.15) is 23.7 Å². The van der Waals surface area contributed by atoms with Gasteiger partial charge < -0.3 is 28.3 Å². The highest BCUT2D eigenvalue weighted by atomic mass is 16.7. The molecule has 2 aromatic heterocycles. The highest BCUT2D eigenvalue weighted by molar-refractivity contribution is 6.10. The average Bonchev–Trinajstić information content (AvgIpc) is 3.39. The quantitative estimate of drug-likeness (QED) is 0.274. The minimum Gasteiger partial charge on any atom is -0.497 e. The number of methoxy groups -OCH3 is 1. The topological polar surface area (TPSA) is 82.9 Å². The summed E-state index contributed by atoms with van der Waals surface area (Å²) in [5, 5.41) is 0.873. The van der Waals surface area contributed by atoms with Crippen molar-refractivity contribution in [2.45, 2.75) is 13.5 Å². The molecule has 0 aliphatic carbocycles. The second kappa shape index (κ2) is 9.23. The molecule has 5 rings (SSSR count). The van der Waals surface area contributed by atoms with Gasteiger partial charge in [0, 0.05) is 17.0 Å². The van der Waals surface area contributed by atoms with E-state index in [0.717, 1.165) is 16.5 Å². The van der Waals surface area contributed by atoms with Crippen LogP contribution in [0.3, 0.4) is 0 Å². The molecule has 0 atom stereocenters. The number of carbonyl (C=O) groups is 1. The lowest BCUT2D eigenvalue weighted by atomic mass is 10.1. The third-order valence-corrected chi connectivity index (χ3v) is 5.43. The smallest absolute Gasteiger partial charge is 0.497 e. The highest BCUT2D eigenvalue weighted by Crippen LogP contribution is 2.46. The van der Waals surface area contributed by atoms with E-state index < -0.39 is 6.16 Å². The number of para-hydroxylation sites is 1. The Morgan fingerprint density at radius 3 is 2.59 bits per heavy atom. The predicted octanol–water partition coefficient (Wildman–Crippen LogP) is 6.70. The van der Waals surface area contributed by atoms with Crippen molar-refractivity contribution in [3.05, 3.63) is 78.4 Å². The molecule has 0 aliphatic heterocycles. The molecule has 0 fully saturated rings. The average molecular weight is 457 g/mol. The number of aromatic nitrogens is 1. The van der Waals surface area contributed by atoms with Crippen LogP contribution in [0.15, 0.2) is 77.2 Å². The summed E-state index contributed by atoms with van der Waals surface area (Å²) in [5.74, 6) is 1.40. The van der Waals surface area contributed by atoms with Crippen molar-refractivity contribution >= 4 is 28.2 Å². The fourth-order valence-electron chi connectivity index (χ4n) is 3.87. The largest absolute Gasteiger partial charge is 0.515 e. The lowest BCUT2D eigenvalue weighted by molar-refractivity contribution is 0.103. The van der Waals surface area contributed by atoms with Crippen molar-refractivity contribution in [3.8, 4) is 28.5 Å². The molecule has 0 saturated heterocycles. The fourth-order valence-corrected chi connectivity index (χ4v) is 3.87. The molecule has 5 aromatic rings. The maximum absolute atomic E-state index is 12.2. The van der Waals surface area contributed by atoms with Gasteiger partial charge in [0.15, 0.2) is 5.58 Å². The zero-order valence-corrected chi connectivity index (χ0v) is 18.8. The van der Waals surface area contributed by atoms with Crippen molar-refractivity contribution < 1.29 is 28.2 Å². The molecule has 172 valence electrons. The molecule has 2 heterocycles. The van der Waals surface area contributed by atoms with E-state index in [1.807, 2.05) is 66.7 Å². The molecule has 34 heavy (non-hydrogen) atoms. The monoisotopic (exact) mass is 457 g/mol. The molecule has 0 radical (unpaired) electrons. The summed E-state index contributed by atoms with van der Waals surface area (Å²) in [6.07, 6.45) is -0.808. The van der Waals surface area contributed by atoms with Gasteiger partial charge in [0.2, 0.25) is 5.88 Å². The summed E-state index contributed by atoms with van der Waals surface area (Å²) in [7, 11) is 1.60. The van der Waals surface area contributed by atoms with E-state index in [0.29, 0.717) is 40.4 Å². The van der Waals surface area contributed by atoms with E-state index in [-0.39, 0.29) is 12.5 Å². The number of rotatable bonds is 7. The first-order valence-electron chi connectivity index (χ1n) is 10.9. The summed E-state index contributed by atoms with van der Waals surface area (Å²) >= 11 is 0. The molecule has 0 spiro atoms. The number of benzene rings is 3. The molecular weight excluding hydrogens is 434 g/mol. The van der Waals surface area contributed by atoms with Gasteiger partial charge in [-0.3, -0.25) is 0 Å². The van der Waals surface area contributed by atoms with Crippen LogP contribution in [0.1, 0.15) is 12.5 Å². The van der Waals surface area contributed by atoms with Crippen LogP contribution < -0.4 is 14.2 Å². The van der Waals surface area contributed by atoms with Crippen LogP contribution in [-0.2, 0) is 11.3 Å². The first kappa shape index (κ1) is 21.5. The van der Waals surface area contributed by atoms with E-state index in [9.17, 15) is 4.79 Å². The number of fused-ring (bicyclic) bond motifs is 3. The Hall–Kier alpha value is -4.39. The number of H-pyrrole nitrogens is 1. The number of nitrogens with one attached hydrogen (secondary N) is 1. The second-order valence-corrected chi connectivity index (χ2v) is 7.55. The highest BCUT2D eigenvalue weighted by Gasteiger charge is 2.25. The lowest BCUT2D eigenvalue weighted by Gasteiger charge is -2.14. The summed E-state index contributed by atoms with van der Waals surface area (Å²) in [4.78, 5) is 15.4. The SMILES string of the molecule is CCOC(=O)Oc1[nH]c2c(oc3ccccc32)c1-c1ccc(OC)cc1OCc1ccccc1. The molecular formula is C27H23NO6. The van der Waals surface area contributed by atoms with Gasteiger partial charge in [-0.2, -0.15) is 0 Å². The molecule has 0 unspecified atom stereocenters. The number of furan rings is 1. The Bertz CT molecular complexity index is 1450. The molecule has 3 aromatic carbocycles. The van der Waals surface area contributed by atoms with Crippen LogP contribution in [0.25, 0.3) is 33.2 Å². The lowest BCUT2D eigenvalue weighted by Crippen LogP contribution is -2.10. The Balaban J connectivity index is 1.66. The van der Waals surface area contributed by atoms with Crippen LogP contribution in [0.5, 0.6) is 17.4 Å². The maximum atomic E-state index is 12.2. The predicted molar refractivity (Wildman–Crippen MR) is 128 cm³/mol. The van der Waals surface area contributed by atoms with Gasteiger partial charge in [-0.15, -0.1) is 0 Å². The second-order valence-electron chi connectivity index (χ2n) is 7.55. The molecule has 1 N–H and O–H groups in total. The van der Waals surface area contributed by atoms with Crippen LogP contribution in [0, 0.1) is 0 Å². The van der Waals surface area contributed by atoms with Gasteiger partial charge >= 0.3 is 6.16 Å². The molecule has 0 saturated carbocycles. The minimum absolute atomic E-state index is 0.196. The summed E-state index contributed by atoms with van der Waals surface area (Å²) in [6, 6.07) is 23.0. The van der Waals surface area contributed by atoms with Crippen molar-refractivity contribution in [2.75, 3.05) is 13.7 Å². The summed E-state index contributed by atoms with van der Waals surface area (Å²) in [5.41, 5.74) is 4.24. The first-order valence-corrected chi connectivity index (χ1v) is 10.9.